The quantitative estimate of drug-likeness (QED) is 0.717. The second kappa shape index (κ2) is 8.38. The number of ether oxygens (including phenoxy) is 1. The third-order valence-electron chi connectivity index (χ3n) is 4.08. The minimum absolute atomic E-state index is 0.0411. The van der Waals surface area contributed by atoms with Gasteiger partial charge in [0.05, 0.1) is 36.4 Å². The zero-order valence-corrected chi connectivity index (χ0v) is 16.3. The molecule has 0 aromatic carbocycles. The topological polar surface area (TPSA) is 110 Å². The second-order valence-electron chi connectivity index (χ2n) is 5.98. The molecule has 0 unspecified atom stereocenters. The summed E-state index contributed by atoms with van der Waals surface area (Å²) in [5.74, 6) is 2.04. The molecule has 1 aliphatic rings. The molecular formula is C17H21N5O4S. The summed E-state index contributed by atoms with van der Waals surface area (Å²) < 4.78 is 10.3. The molecule has 3 rings (SSSR count). The Bertz CT molecular complexity index is 854. The number of hydrogen-bond donors (Lipinski definition) is 1. The van der Waals surface area contributed by atoms with Gasteiger partial charge in [0.2, 0.25) is 17.7 Å². The highest BCUT2D eigenvalue weighted by Gasteiger charge is 2.29. The number of hydrogen-bond acceptors (Lipinski definition) is 8. The van der Waals surface area contributed by atoms with Crippen LogP contribution >= 0.6 is 11.8 Å². The summed E-state index contributed by atoms with van der Waals surface area (Å²) in [7, 11) is 1.52. The summed E-state index contributed by atoms with van der Waals surface area (Å²) in [5, 5.41) is 6.53. The largest absolute Gasteiger partial charge is 0.481 e. The van der Waals surface area contributed by atoms with Crippen LogP contribution in [0.2, 0.25) is 0 Å². The molecule has 27 heavy (non-hydrogen) atoms. The predicted octanol–water partition coefficient (Wildman–Crippen LogP) is 1.31. The van der Waals surface area contributed by atoms with Gasteiger partial charge in [-0.2, -0.15) is 4.98 Å². The van der Waals surface area contributed by atoms with Crippen molar-refractivity contribution in [2.75, 3.05) is 19.4 Å². The number of thioether (sulfide) groups is 1. The Morgan fingerprint density at radius 1 is 1.44 bits per heavy atom. The van der Waals surface area contributed by atoms with Crippen LogP contribution in [-0.4, -0.2) is 51.2 Å². The summed E-state index contributed by atoms with van der Waals surface area (Å²) in [4.78, 5) is 34.6. The van der Waals surface area contributed by atoms with E-state index in [4.69, 9.17) is 9.26 Å². The van der Waals surface area contributed by atoms with Gasteiger partial charge in [-0.25, -0.2) is 4.98 Å². The molecule has 0 radical (unpaired) electrons. The Morgan fingerprint density at radius 2 is 2.26 bits per heavy atom. The summed E-state index contributed by atoms with van der Waals surface area (Å²) >= 11 is 1.38. The molecule has 0 spiro atoms. The first-order chi connectivity index (χ1) is 13.0. The number of nitrogens with zero attached hydrogens (tertiary/aromatic N) is 4. The van der Waals surface area contributed by atoms with Gasteiger partial charge in [0.1, 0.15) is 0 Å². The third-order valence-corrected chi connectivity index (χ3v) is 5.00. The van der Waals surface area contributed by atoms with Gasteiger partial charge >= 0.3 is 0 Å². The van der Waals surface area contributed by atoms with E-state index in [1.807, 2.05) is 6.92 Å². The van der Waals surface area contributed by atoms with Crippen LogP contribution < -0.4 is 10.1 Å². The van der Waals surface area contributed by atoms with Crippen molar-refractivity contribution in [3.05, 3.63) is 34.6 Å². The van der Waals surface area contributed by atoms with E-state index in [-0.39, 0.29) is 24.1 Å². The Hall–Kier alpha value is -2.62. The number of nitrogens with one attached hydrogen (secondary N) is 1. The number of carbonyl (C=O) groups is 2. The molecule has 0 fully saturated rings. The minimum Gasteiger partial charge on any atom is -0.481 e. The lowest BCUT2D eigenvalue weighted by molar-refractivity contribution is -0.118. The van der Waals surface area contributed by atoms with E-state index in [0.29, 0.717) is 53.3 Å². The van der Waals surface area contributed by atoms with Crippen LogP contribution in [-0.2, 0) is 23.6 Å². The van der Waals surface area contributed by atoms with E-state index in [2.05, 4.69) is 20.4 Å². The summed E-state index contributed by atoms with van der Waals surface area (Å²) in [6.07, 6.45) is 0. The highest BCUT2D eigenvalue weighted by atomic mass is 32.2. The van der Waals surface area contributed by atoms with Crippen LogP contribution in [0.1, 0.15) is 40.3 Å². The fourth-order valence-corrected chi connectivity index (χ4v) is 3.42. The van der Waals surface area contributed by atoms with Crippen molar-refractivity contribution < 1.29 is 18.8 Å². The molecule has 2 amide bonds. The molecule has 2 aromatic rings. The lowest BCUT2D eigenvalue weighted by Crippen LogP contribution is -2.25. The zero-order chi connectivity index (χ0) is 19.4. The molecule has 2 aromatic heterocycles. The Morgan fingerprint density at radius 3 is 2.93 bits per heavy atom. The molecule has 1 N–H and O–H groups in total. The molecule has 0 saturated carbocycles. The van der Waals surface area contributed by atoms with Crippen LogP contribution in [0.4, 0.5) is 0 Å². The molecule has 3 heterocycles. The van der Waals surface area contributed by atoms with Crippen LogP contribution in [0.3, 0.4) is 0 Å². The van der Waals surface area contributed by atoms with Gasteiger partial charge in [0, 0.05) is 18.7 Å². The van der Waals surface area contributed by atoms with Crippen molar-refractivity contribution in [1.29, 1.82) is 0 Å². The van der Waals surface area contributed by atoms with E-state index in [1.54, 1.807) is 17.9 Å². The molecule has 1 aliphatic heterocycles. The van der Waals surface area contributed by atoms with Gasteiger partial charge in [-0.3, -0.25) is 9.59 Å². The van der Waals surface area contributed by atoms with Crippen LogP contribution in [0.5, 0.6) is 5.88 Å². The van der Waals surface area contributed by atoms with Crippen molar-refractivity contribution >= 4 is 23.6 Å². The smallest absolute Gasteiger partial charge is 0.256 e. The molecule has 0 bridgehead atoms. The Labute approximate surface area is 160 Å². The predicted molar refractivity (Wildman–Crippen MR) is 98.2 cm³/mol. The second-order valence-corrected chi connectivity index (χ2v) is 6.96. The molecule has 144 valence electrons. The maximum atomic E-state index is 12.3. The zero-order valence-electron chi connectivity index (χ0n) is 15.4. The maximum Gasteiger partial charge on any atom is 0.256 e. The summed E-state index contributed by atoms with van der Waals surface area (Å²) in [6.45, 7) is 5.02. The standard InChI is InChI=1S/C17H21N5O4S/c1-4-22-7-13-12(17(22)24)5-11(16(20-13)25-3)6-18-14(23)8-27-9-15-19-10(2)21-26-15/h5H,4,6-9H2,1-3H3,(H,18,23). The highest BCUT2D eigenvalue weighted by Crippen LogP contribution is 2.26. The number of amides is 2. The Kier molecular flexibility index (Phi) is 5.94. The fraction of sp³-hybridized carbons (Fsp3) is 0.471. The normalized spacial score (nSPS) is 13.0. The molecule has 9 nitrogen and oxygen atoms in total. The SMILES string of the molecule is CCN1Cc2nc(OC)c(CNC(=O)CSCc3nc(C)no3)cc2C1=O. The Balaban J connectivity index is 1.56. The van der Waals surface area contributed by atoms with Crippen molar-refractivity contribution in [2.24, 2.45) is 0 Å². The summed E-state index contributed by atoms with van der Waals surface area (Å²) in [6, 6.07) is 1.76. The summed E-state index contributed by atoms with van der Waals surface area (Å²) in [5.41, 5.74) is 1.95. The molecule has 0 saturated heterocycles. The van der Waals surface area contributed by atoms with Crippen LogP contribution in [0.15, 0.2) is 10.6 Å². The average Bonchev–Trinajstić information content (AvgIpc) is 3.21. The third kappa shape index (κ3) is 4.38. The van der Waals surface area contributed by atoms with E-state index < -0.39 is 0 Å². The lowest BCUT2D eigenvalue weighted by atomic mass is 10.1. The number of aryl methyl sites for hydroxylation is 1. The van der Waals surface area contributed by atoms with Crippen molar-refractivity contribution in [2.45, 2.75) is 32.7 Å². The molecular weight excluding hydrogens is 370 g/mol. The fourth-order valence-electron chi connectivity index (χ4n) is 2.74. The highest BCUT2D eigenvalue weighted by molar-refractivity contribution is 7.99. The number of pyridine rings is 1. The number of methoxy groups -OCH3 is 1. The molecule has 0 aliphatic carbocycles. The van der Waals surface area contributed by atoms with E-state index >= 15 is 0 Å². The number of aromatic nitrogens is 3. The lowest BCUT2D eigenvalue weighted by Gasteiger charge is -2.10. The number of carbonyl (C=O) groups excluding carboxylic acids is 2. The molecule has 0 atom stereocenters. The van der Waals surface area contributed by atoms with E-state index in [1.165, 1.54) is 18.9 Å². The first kappa shape index (κ1) is 19.2. The van der Waals surface area contributed by atoms with Gasteiger partial charge < -0.3 is 19.5 Å². The van der Waals surface area contributed by atoms with Crippen LogP contribution in [0, 0.1) is 6.92 Å². The monoisotopic (exact) mass is 391 g/mol. The van der Waals surface area contributed by atoms with Gasteiger partial charge in [-0.15, -0.1) is 11.8 Å². The van der Waals surface area contributed by atoms with Gasteiger partial charge in [-0.1, -0.05) is 5.16 Å². The number of fused-ring (bicyclic) bond motifs is 1. The first-order valence-electron chi connectivity index (χ1n) is 8.51. The van der Waals surface area contributed by atoms with E-state index in [0.717, 1.165) is 0 Å². The van der Waals surface area contributed by atoms with Gasteiger partial charge in [-0.05, 0) is 19.9 Å². The van der Waals surface area contributed by atoms with Crippen molar-refractivity contribution in [3.63, 3.8) is 0 Å². The first-order valence-corrected chi connectivity index (χ1v) is 9.67. The van der Waals surface area contributed by atoms with Gasteiger partial charge in [0.25, 0.3) is 5.91 Å². The maximum absolute atomic E-state index is 12.3. The average molecular weight is 391 g/mol. The minimum atomic E-state index is -0.139. The number of rotatable bonds is 8. The van der Waals surface area contributed by atoms with Crippen molar-refractivity contribution in [3.8, 4) is 5.88 Å². The van der Waals surface area contributed by atoms with Crippen LogP contribution in [0.25, 0.3) is 0 Å². The van der Waals surface area contributed by atoms with E-state index in [9.17, 15) is 9.59 Å². The molecule has 10 heteroatoms. The van der Waals surface area contributed by atoms with Gasteiger partial charge in [0.15, 0.2) is 5.82 Å². The van der Waals surface area contributed by atoms with Crippen molar-refractivity contribution in [1.82, 2.24) is 25.3 Å².